The quantitative estimate of drug-likeness (QED) is 0.784. The molecular formula is C12H17NO5S. The summed E-state index contributed by atoms with van der Waals surface area (Å²) in [7, 11) is -2.13. The molecule has 0 aromatic heterocycles. The van der Waals surface area contributed by atoms with Gasteiger partial charge in [-0.25, -0.2) is 13.1 Å². The molecule has 1 rings (SSSR count). The zero-order valence-electron chi connectivity index (χ0n) is 10.8. The summed E-state index contributed by atoms with van der Waals surface area (Å²) >= 11 is 0. The van der Waals surface area contributed by atoms with E-state index in [4.69, 9.17) is 9.84 Å². The third-order valence-electron chi connectivity index (χ3n) is 2.55. The Labute approximate surface area is 112 Å². The molecule has 0 unspecified atom stereocenters. The van der Waals surface area contributed by atoms with E-state index in [1.807, 2.05) is 0 Å². The summed E-state index contributed by atoms with van der Waals surface area (Å²) in [5, 5.41) is 8.50. The second-order valence-electron chi connectivity index (χ2n) is 4.04. The van der Waals surface area contributed by atoms with Gasteiger partial charge in [0.1, 0.15) is 5.75 Å². The normalized spacial score (nSPS) is 12.9. The van der Waals surface area contributed by atoms with E-state index in [9.17, 15) is 13.2 Å². The number of carboxylic acids is 1. The van der Waals surface area contributed by atoms with E-state index in [2.05, 4.69) is 4.72 Å². The van der Waals surface area contributed by atoms with Crippen LogP contribution in [0.2, 0.25) is 0 Å². The highest BCUT2D eigenvalue weighted by Crippen LogP contribution is 2.24. The number of rotatable bonds is 7. The van der Waals surface area contributed by atoms with Gasteiger partial charge in [0.2, 0.25) is 10.0 Å². The van der Waals surface area contributed by atoms with Crippen LogP contribution in [0.25, 0.3) is 0 Å². The van der Waals surface area contributed by atoms with Gasteiger partial charge in [-0.05, 0) is 13.0 Å². The van der Waals surface area contributed by atoms with Gasteiger partial charge in [0.15, 0.2) is 0 Å². The van der Waals surface area contributed by atoms with Gasteiger partial charge in [-0.1, -0.05) is 18.2 Å². The molecular weight excluding hydrogens is 270 g/mol. The van der Waals surface area contributed by atoms with E-state index >= 15 is 0 Å². The number of ether oxygens (including phenoxy) is 1. The highest BCUT2D eigenvalue weighted by molar-refractivity contribution is 7.89. The van der Waals surface area contributed by atoms with Gasteiger partial charge in [0.25, 0.3) is 0 Å². The van der Waals surface area contributed by atoms with Crippen LogP contribution in [0, 0.1) is 0 Å². The molecule has 6 nitrogen and oxygen atoms in total. The molecule has 0 amide bonds. The summed E-state index contributed by atoms with van der Waals surface area (Å²) in [6.07, 6.45) is -0.423. The first kappa shape index (κ1) is 15.5. The van der Waals surface area contributed by atoms with Gasteiger partial charge in [-0.3, -0.25) is 4.79 Å². The van der Waals surface area contributed by atoms with Crippen molar-refractivity contribution in [2.24, 2.45) is 0 Å². The van der Waals surface area contributed by atoms with E-state index in [1.165, 1.54) is 7.11 Å². The van der Waals surface area contributed by atoms with Crippen molar-refractivity contribution >= 4 is 16.0 Å². The summed E-state index contributed by atoms with van der Waals surface area (Å²) < 4.78 is 31.0. The van der Waals surface area contributed by atoms with Crippen LogP contribution in [-0.4, -0.2) is 32.4 Å². The van der Waals surface area contributed by atoms with E-state index in [0.29, 0.717) is 11.3 Å². The Balaban J connectivity index is 2.78. The summed E-state index contributed by atoms with van der Waals surface area (Å²) in [5.74, 6) is -1.01. The van der Waals surface area contributed by atoms with Crippen molar-refractivity contribution in [2.45, 2.75) is 19.4 Å². The number of sulfonamides is 1. The fourth-order valence-corrected chi connectivity index (χ4v) is 2.86. The van der Waals surface area contributed by atoms with Crippen LogP contribution in [-0.2, 0) is 14.8 Å². The van der Waals surface area contributed by atoms with Gasteiger partial charge < -0.3 is 9.84 Å². The molecule has 106 valence electrons. The number of carboxylic acid groups (broad SMARTS) is 1. The molecule has 0 aliphatic rings. The monoisotopic (exact) mass is 287 g/mol. The standard InChI is InChI=1S/C12H17NO5S/c1-9(10-5-3-4-6-11(10)18-2)13-19(16,17)8-7-12(14)15/h3-6,9,13H,7-8H2,1-2H3,(H,14,15)/t9-/m1/s1. The Morgan fingerprint density at radius 3 is 2.63 bits per heavy atom. The van der Waals surface area contributed by atoms with Crippen molar-refractivity contribution < 1.29 is 23.1 Å². The lowest BCUT2D eigenvalue weighted by Gasteiger charge is -2.17. The first-order chi connectivity index (χ1) is 8.85. The van der Waals surface area contributed by atoms with Crippen molar-refractivity contribution in [2.75, 3.05) is 12.9 Å². The predicted octanol–water partition coefficient (Wildman–Crippen LogP) is 1.15. The van der Waals surface area contributed by atoms with Crippen molar-refractivity contribution in [1.29, 1.82) is 0 Å². The minimum absolute atomic E-state index is 0.423. The number of carbonyl (C=O) groups is 1. The first-order valence-corrected chi connectivity index (χ1v) is 7.35. The molecule has 0 fully saturated rings. The minimum Gasteiger partial charge on any atom is -0.496 e. The number of aliphatic carboxylic acids is 1. The third-order valence-corrected chi connectivity index (χ3v) is 4.00. The number of nitrogens with one attached hydrogen (secondary N) is 1. The van der Waals surface area contributed by atoms with Crippen LogP contribution in [0.15, 0.2) is 24.3 Å². The topological polar surface area (TPSA) is 92.7 Å². The van der Waals surface area contributed by atoms with E-state index in [1.54, 1.807) is 31.2 Å². The molecule has 0 heterocycles. The second-order valence-corrected chi connectivity index (χ2v) is 5.92. The molecule has 1 atom stereocenters. The van der Waals surface area contributed by atoms with Crippen LogP contribution in [0.1, 0.15) is 24.9 Å². The molecule has 0 aliphatic carbocycles. The van der Waals surface area contributed by atoms with Crippen LogP contribution >= 0.6 is 0 Å². The number of hydrogen-bond acceptors (Lipinski definition) is 4. The number of methoxy groups -OCH3 is 1. The van der Waals surface area contributed by atoms with Crippen LogP contribution < -0.4 is 9.46 Å². The SMILES string of the molecule is COc1ccccc1[C@@H](C)NS(=O)(=O)CCC(=O)O. The molecule has 0 aliphatic heterocycles. The Bertz CT molecular complexity index is 541. The lowest BCUT2D eigenvalue weighted by Crippen LogP contribution is -2.30. The van der Waals surface area contributed by atoms with E-state index in [-0.39, 0.29) is 0 Å². The van der Waals surface area contributed by atoms with E-state index < -0.39 is 34.2 Å². The summed E-state index contributed by atoms with van der Waals surface area (Å²) in [4.78, 5) is 10.4. The summed E-state index contributed by atoms with van der Waals surface area (Å²) in [5.41, 5.74) is 0.698. The molecule has 1 aromatic rings. The maximum atomic E-state index is 11.7. The Kier molecular flexibility index (Phi) is 5.31. The highest BCUT2D eigenvalue weighted by Gasteiger charge is 2.19. The zero-order chi connectivity index (χ0) is 14.5. The maximum absolute atomic E-state index is 11.7. The van der Waals surface area contributed by atoms with Gasteiger partial charge >= 0.3 is 5.97 Å². The lowest BCUT2D eigenvalue weighted by molar-refractivity contribution is -0.136. The fraction of sp³-hybridized carbons (Fsp3) is 0.417. The molecule has 0 radical (unpaired) electrons. The average Bonchev–Trinajstić information content (AvgIpc) is 2.36. The van der Waals surface area contributed by atoms with Crippen molar-refractivity contribution in [1.82, 2.24) is 4.72 Å². The van der Waals surface area contributed by atoms with Gasteiger partial charge in [-0.2, -0.15) is 0 Å². The Morgan fingerprint density at radius 1 is 1.42 bits per heavy atom. The van der Waals surface area contributed by atoms with Crippen LogP contribution in [0.5, 0.6) is 5.75 Å². The third kappa shape index (κ3) is 4.88. The molecule has 1 aromatic carbocycles. The van der Waals surface area contributed by atoms with Gasteiger partial charge in [0, 0.05) is 11.6 Å². The van der Waals surface area contributed by atoms with Crippen LogP contribution in [0.3, 0.4) is 0 Å². The molecule has 19 heavy (non-hydrogen) atoms. The Morgan fingerprint density at radius 2 is 2.05 bits per heavy atom. The fourth-order valence-electron chi connectivity index (χ4n) is 1.64. The molecule has 0 spiro atoms. The first-order valence-electron chi connectivity index (χ1n) is 5.70. The van der Waals surface area contributed by atoms with Gasteiger partial charge in [-0.15, -0.1) is 0 Å². The zero-order valence-corrected chi connectivity index (χ0v) is 11.6. The number of hydrogen-bond donors (Lipinski definition) is 2. The predicted molar refractivity (Wildman–Crippen MR) is 70.6 cm³/mol. The van der Waals surface area contributed by atoms with Crippen molar-refractivity contribution in [3.8, 4) is 5.75 Å². The maximum Gasteiger partial charge on any atom is 0.304 e. The largest absolute Gasteiger partial charge is 0.496 e. The summed E-state index contributed by atoms with van der Waals surface area (Å²) in [6.45, 7) is 1.68. The molecule has 7 heteroatoms. The van der Waals surface area contributed by atoms with Crippen molar-refractivity contribution in [3.05, 3.63) is 29.8 Å². The average molecular weight is 287 g/mol. The highest BCUT2D eigenvalue weighted by atomic mass is 32.2. The van der Waals surface area contributed by atoms with Gasteiger partial charge in [0.05, 0.1) is 19.3 Å². The lowest BCUT2D eigenvalue weighted by atomic mass is 10.1. The Hall–Kier alpha value is -1.60. The number of benzene rings is 1. The summed E-state index contributed by atoms with van der Waals surface area (Å²) in [6, 6.07) is 6.56. The second kappa shape index (κ2) is 6.53. The molecule has 0 bridgehead atoms. The van der Waals surface area contributed by atoms with E-state index in [0.717, 1.165) is 0 Å². The molecule has 0 saturated carbocycles. The smallest absolute Gasteiger partial charge is 0.304 e. The van der Waals surface area contributed by atoms with Crippen LogP contribution in [0.4, 0.5) is 0 Å². The minimum atomic E-state index is -3.64. The molecule has 2 N–H and O–H groups in total. The molecule has 0 saturated heterocycles. The number of para-hydroxylation sites is 1. The van der Waals surface area contributed by atoms with Crippen molar-refractivity contribution in [3.63, 3.8) is 0 Å².